The van der Waals surface area contributed by atoms with Crippen LogP contribution >= 0.6 is 0 Å². The standard InChI is InChI=1S/C16H18FNO/c1-2-18-11-13-8-9-16(17)14(10-13)12-19-15-6-4-3-5-7-15/h3-10,18H,2,11-12H2,1H3. The van der Waals surface area contributed by atoms with Crippen LogP contribution in [0.4, 0.5) is 4.39 Å². The van der Waals surface area contributed by atoms with Gasteiger partial charge < -0.3 is 10.1 Å². The molecule has 0 atom stereocenters. The quantitative estimate of drug-likeness (QED) is 0.857. The molecule has 0 aliphatic heterocycles. The van der Waals surface area contributed by atoms with E-state index in [1.165, 1.54) is 6.07 Å². The van der Waals surface area contributed by atoms with Crippen LogP contribution in [-0.4, -0.2) is 6.54 Å². The van der Waals surface area contributed by atoms with Crippen molar-refractivity contribution in [2.24, 2.45) is 0 Å². The molecule has 0 heterocycles. The van der Waals surface area contributed by atoms with Gasteiger partial charge in [0.1, 0.15) is 18.2 Å². The molecule has 0 unspecified atom stereocenters. The number of ether oxygens (including phenoxy) is 1. The van der Waals surface area contributed by atoms with Crippen LogP contribution in [0.3, 0.4) is 0 Å². The van der Waals surface area contributed by atoms with Gasteiger partial charge in [-0.15, -0.1) is 0 Å². The van der Waals surface area contributed by atoms with E-state index in [0.29, 0.717) is 5.56 Å². The SMILES string of the molecule is CCNCc1ccc(F)c(COc2ccccc2)c1. The Morgan fingerprint density at radius 2 is 1.89 bits per heavy atom. The van der Waals surface area contributed by atoms with E-state index in [1.54, 1.807) is 6.07 Å². The number of nitrogens with one attached hydrogen (secondary N) is 1. The van der Waals surface area contributed by atoms with Crippen LogP contribution < -0.4 is 10.1 Å². The van der Waals surface area contributed by atoms with Crippen LogP contribution in [0.25, 0.3) is 0 Å². The smallest absolute Gasteiger partial charge is 0.129 e. The zero-order valence-electron chi connectivity index (χ0n) is 11.0. The van der Waals surface area contributed by atoms with E-state index < -0.39 is 0 Å². The average molecular weight is 259 g/mol. The highest BCUT2D eigenvalue weighted by atomic mass is 19.1. The molecular formula is C16H18FNO. The molecule has 0 amide bonds. The molecule has 0 spiro atoms. The third-order valence-corrected chi connectivity index (χ3v) is 2.83. The lowest BCUT2D eigenvalue weighted by molar-refractivity contribution is 0.299. The molecule has 2 aromatic carbocycles. The van der Waals surface area contributed by atoms with Gasteiger partial charge in [0.2, 0.25) is 0 Å². The predicted molar refractivity (Wildman–Crippen MR) is 74.6 cm³/mol. The van der Waals surface area contributed by atoms with E-state index in [-0.39, 0.29) is 12.4 Å². The Labute approximate surface area is 113 Å². The summed E-state index contributed by atoms with van der Waals surface area (Å²) in [7, 11) is 0. The van der Waals surface area contributed by atoms with Crippen molar-refractivity contribution in [2.45, 2.75) is 20.1 Å². The second-order valence-electron chi connectivity index (χ2n) is 4.31. The third-order valence-electron chi connectivity index (χ3n) is 2.83. The first-order chi connectivity index (χ1) is 9.29. The molecule has 0 radical (unpaired) electrons. The molecule has 0 aliphatic carbocycles. The molecule has 0 saturated heterocycles. The highest BCUT2D eigenvalue weighted by Gasteiger charge is 2.04. The van der Waals surface area contributed by atoms with Crippen LogP contribution in [-0.2, 0) is 13.2 Å². The molecule has 100 valence electrons. The number of hydrogen-bond acceptors (Lipinski definition) is 2. The van der Waals surface area contributed by atoms with Crippen molar-refractivity contribution < 1.29 is 9.13 Å². The van der Waals surface area contributed by atoms with Crippen molar-refractivity contribution in [3.8, 4) is 5.75 Å². The summed E-state index contributed by atoms with van der Waals surface area (Å²) in [6.45, 7) is 3.93. The number of hydrogen-bond donors (Lipinski definition) is 1. The van der Waals surface area contributed by atoms with Gasteiger partial charge in [0.05, 0.1) is 0 Å². The van der Waals surface area contributed by atoms with Crippen molar-refractivity contribution in [1.29, 1.82) is 0 Å². The molecule has 0 bridgehead atoms. The average Bonchev–Trinajstić information content (AvgIpc) is 2.46. The van der Waals surface area contributed by atoms with E-state index in [9.17, 15) is 4.39 Å². The van der Waals surface area contributed by atoms with Gasteiger partial charge in [-0.25, -0.2) is 4.39 Å². The fourth-order valence-electron chi connectivity index (χ4n) is 1.80. The Hall–Kier alpha value is -1.87. The van der Waals surface area contributed by atoms with Crippen LogP contribution in [0.1, 0.15) is 18.1 Å². The van der Waals surface area contributed by atoms with Crippen molar-refractivity contribution in [3.63, 3.8) is 0 Å². The zero-order valence-corrected chi connectivity index (χ0v) is 11.0. The summed E-state index contributed by atoms with van der Waals surface area (Å²) >= 11 is 0. The number of para-hydroxylation sites is 1. The normalized spacial score (nSPS) is 10.4. The largest absolute Gasteiger partial charge is 0.489 e. The lowest BCUT2D eigenvalue weighted by Crippen LogP contribution is -2.12. The minimum absolute atomic E-state index is 0.226. The summed E-state index contributed by atoms with van der Waals surface area (Å²) in [5, 5.41) is 3.22. The highest BCUT2D eigenvalue weighted by Crippen LogP contribution is 2.15. The van der Waals surface area contributed by atoms with Gasteiger partial charge >= 0.3 is 0 Å². The lowest BCUT2D eigenvalue weighted by Gasteiger charge is -2.09. The number of halogens is 1. The van der Waals surface area contributed by atoms with Gasteiger partial charge in [-0.1, -0.05) is 31.2 Å². The Balaban J connectivity index is 2.02. The molecule has 0 saturated carbocycles. The Morgan fingerprint density at radius 1 is 1.11 bits per heavy atom. The Morgan fingerprint density at radius 3 is 2.63 bits per heavy atom. The van der Waals surface area contributed by atoms with Gasteiger partial charge in [-0.3, -0.25) is 0 Å². The van der Waals surface area contributed by atoms with Gasteiger partial charge in [0.25, 0.3) is 0 Å². The van der Waals surface area contributed by atoms with Gasteiger partial charge in [-0.05, 0) is 36.4 Å². The maximum atomic E-state index is 13.7. The van der Waals surface area contributed by atoms with Gasteiger partial charge in [0, 0.05) is 12.1 Å². The monoisotopic (exact) mass is 259 g/mol. The van der Waals surface area contributed by atoms with Crippen LogP contribution in [0, 0.1) is 5.82 Å². The molecule has 0 aromatic heterocycles. The number of rotatable bonds is 6. The number of benzene rings is 2. The maximum Gasteiger partial charge on any atom is 0.129 e. The highest BCUT2D eigenvalue weighted by molar-refractivity contribution is 5.26. The second kappa shape index (κ2) is 6.90. The summed E-state index contributed by atoms with van der Waals surface area (Å²) in [5.41, 5.74) is 1.65. The molecule has 0 fully saturated rings. The molecule has 19 heavy (non-hydrogen) atoms. The van der Waals surface area contributed by atoms with E-state index in [0.717, 1.165) is 24.4 Å². The maximum absolute atomic E-state index is 13.7. The minimum atomic E-state index is -0.226. The van der Waals surface area contributed by atoms with E-state index in [1.807, 2.05) is 43.3 Å². The van der Waals surface area contributed by atoms with E-state index in [4.69, 9.17) is 4.74 Å². The Bertz CT molecular complexity index is 513. The molecule has 2 nitrogen and oxygen atoms in total. The first-order valence-corrected chi connectivity index (χ1v) is 6.45. The summed E-state index contributed by atoms with van der Waals surface area (Å²) in [6, 6.07) is 14.6. The molecular weight excluding hydrogens is 241 g/mol. The van der Waals surface area contributed by atoms with Gasteiger partial charge in [0.15, 0.2) is 0 Å². The van der Waals surface area contributed by atoms with Crippen molar-refractivity contribution in [1.82, 2.24) is 5.32 Å². The Kier molecular flexibility index (Phi) is 4.93. The fourth-order valence-corrected chi connectivity index (χ4v) is 1.80. The molecule has 1 N–H and O–H groups in total. The molecule has 2 rings (SSSR count). The molecule has 2 aromatic rings. The summed E-state index contributed by atoms with van der Waals surface area (Å²) in [4.78, 5) is 0. The van der Waals surface area contributed by atoms with Gasteiger partial charge in [-0.2, -0.15) is 0 Å². The van der Waals surface area contributed by atoms with Crippen LogP contribution in [0.2, 0.25) is 0 Å². The first kappa shape index (κ1) is 13.6. The molecule has 0 aliphatic rings. The van der Waals surface area contributed by atoms with Crippen LogP contribution in [0.5, 0.6) is 5.75 Å². The third kappa shape index (κ3) is 4.07. The first-order valence-electron chi connectivity index (χ1n) is 6.45. The zero-order chi connectivity index (χ0) is 13.5. The summed E-state index contributed by atoms with van der Waals surface area (Å²) in [6.07, 6.45) is 0. The van der Waals surface area contributed by atoms with E-state index in [2.05, 4.69) is 5.32 Å². The summed E-state index contributed by atoms with van der Waals surface area (Å²) < 4.78 is 19.3. The fraction of sp³-hybridized carbons (Fsp3) is 0.250. The second-order valence-corrected chi connectivity index (χ2v) is 4.31. The van der Waals surface area contributed by atoms with Crippen molar-refractivity contribution in [2.75, 3.05) is 6.54 Å². The lowest BCUT2D eigenvalue weighted by atomic mass is 10.1. The predicted octanol–water partition coefficient (Wildman–Crippen LogP) is 3.51. The van der Waals surface area contributed by atoms with Crippen molar-refractivity contribution >= 4 is 0 Å². The molecule has 3 heteroatoms. The van der Waals surface area contributed by atoms with Crippen molar-refractivity contribution in [3.05, 3.63) is 65.5 Å². The minimum Gasteiger partial charge on any atom is -0.489 e. The summed E-state index contributed by atoms with van der Waals surface area (Å²) in [5.74, 6) is 0.523. The van der Waals surface area contributed by atoms with E-state index >= 15 is 0 Å². The van der Waals surface area contributed by atoms with Crippen LogP contribution in [0.15, 0.2) is 48.5 Å². The topological polar surface area (TPSA) is 21.3 Å².